The van der Waals surface area contributed by atoms with Gasteiger partial charge in [-0.05, 0) is 38.0 Å². The van der Waals surface area contributed by atoms with Gasteiger partial charge >= 0.3 is 5.97 Å². The van der Waals surface area contributed by atoms with Crippen LogP contribution in [-0.4, -0.2) is 53.8 Å². The van der Waals surface area contributed by atoms with E-state index in [1.54, 1.807) is 19.1 Å². The van der Waals surface area contributed by atoms with Crippen molar-refractivity contribution in [3.8, 4) is 5.75 Å². The zero-order valence-corrected chi connectivity index (χ0v) is 14.5. The topological polar surface area (TPSA) is 76.1 Å². The lowest BCUT2D eigenvalue weighted by atomic mass is 10.1. The molecule has 1 aliphatic heterocycles. The standard InChI is InChI=1S/C16H20BrNO5/c1-11(23-14-4-2-3-12(17)9-14)16(21)18(10-15(19)20)13-5-7-22-8-6-13/h2-4,9,11,13H,5-8,10H2,1H3,(H,19,20)/t11-/m1/s1. The highest BCUT2D eigenvalue weighted by Crippen LogP contribution is 2.21. The summed E-state index contributed by atoms with van der Waals surface area (Å²) in [5.74, 6) is -0.791. The van der Waals surface area contributed by atoms with E-state index in [-0.39, 0.29) is 18.5 Å². The van der Waals surface area contributed by atoms with Crippen LogP contribution < -0.4 is 4.74 Å². The number of aliphatic carboxylic acids is 1. The van der Waals surface area contributed by atoms with Gasteiger partial charge in [0.25, 0.3) is 5.91 Å². The second-order valence-electron chi connectivity index (χ2n) is 5.42. The molecule has 1 N–H and O–H groups in total. The summed E-state index contributed by atoms with van der Waals surface area (Å²) in [4.78, 5) is 25.2. The first-order chi connectivity index (χ1) is 11.0. The van der Waals surface area contributed by atoms with E-state index in [0.717, 1.165) is 4.47 Å². The van der Waals surface area contributed by atoms with Crippen molar-refractivity contribution < 1.29 is 24.2 Å². The van der Waals surface area contributed by atoms with Crippen LogP contribution in [-0.2, 0) is 14.3 Å². The predicted octanol–water partition coefficient (Wildman–Crippen LogP) is 2.31. The van der Waals surface area contributed by atoms with Gasteiger partial charge in [0.15, 0.2) is 6.10 Å². The zero-order chi connectivity index (χ0) is 16.8. The molecule has 1 atom stereocenters. The van der Waals surface area contributed by atoms with Gasteiger partial charge in [-0.25, -0.2) is 0 Å². The highest BCUT2D eigenvalue weighted by Gasteiger charge is 2.31. The average molecular weight is 386 g/mol. The second-order valence-corrected chi connectivity index (χ2v) is 6.34. The van der Waals surface area contributed by atoms with Crippen molar-refractivity contribution in [1.29, 1.82) is 0 Å². The Morgan fingerprint density at radius 2 is 2.13 bits per heavy atom. The van der Waals surface area contributed by atoms with Gasteiger partial charge in [0.2, 0.25) is 0 Å². The summed E-state index contributed by atoms with van der Waals surface area (Å²) >= 11 is 3.35. The van der Waals surface area contributed by atoms with Crippen LogP contribution in [0.15, 0.2) is 28.7 Å². The van der Waals surface area contributed by atoms with Crippen molar-refractivity contribution in [3.05, 3.63) is 28.7 Å². The molecular formula is C16H20BrNO5. The molecule has 0 bridgehead atoms. The highest BCUT2D eigenvalue weighted by atomic mass is 79.9. The Labute approximate surface area is 143 Å². The molecule has 0 aliphatic carbocycles. The molecule has 1 aromatic rings. The number of hydrogen-bond donors (Lipinski definition) is 1. The number of benzene rings is 1. The molecule has 126 valence electrons. The number of amides is 1. The molecule has 23 heavy (non-hydrogen) atoms. The van der Waals surface area contributed by atoms with E-state index in [1.807, 2.05) is 12.1 Å². The predicted molar refractivity (Wildman–Crippen MR) is 87.4 cm³/mol. The summed E-state index contributed by atoms with van der Waals surface area (Å²) in [7, 11) is 0. The van der Waals surface area contributed by atoms with Crippen molar-refractivity contribution >= 4 is 27.8 Å². The Morgan fingerprint density at radius 1 is 1.43 bits per heavy atom. The maximum absolute atomic E-state index is 12.7. The number of carboxylic acid groups (broad SMARTS) is 1. The molecule has 0 saturated carbocycles. The van der Waals surface area contributed by atoms with Crippen LogP contribution in [0.25, 0.3) is 0 Å². The lowest BCUT2D eigenvalue weighted by molar-refractivity contribution is -0.151. The van der Waals surface area contributed by atoms with Crippen LogP contribution in [0.5, 0.6) is 5.75 Å². The Balaban J connectivity index is 2.07. The van der Waals surface area contributed by atoms with Crippen molar-refractivity contribution in [3.63, 3.8) is 0 Å². The Bertz CT molecular complexity index is 559. The minimum Gasteiger partial charge on any atom is -0.481 e. The maximum atomic E-state index is 12.7. The van der Waals surface area contributed by atoms with Gasteiger partial charge < -0.3 is 19.5 Å². The SMILES string of the molecule is C[C@@H](Oc1cccc(Br)c1)C(=O)N(CC(=O)O)C1CCOCC1. The number of carbonyl (C=O) groups is 2. The summed E-state index contributed by atoms with van der Waals surface area (Å²) < 4.78 is 11.8. The van der Waals surface area contributed by atoms with E-state index >= 15 is 0 Å². The number of halogens is 1. The van der Waals surface area contributed by atoms with Crippen LogP contribution in [0.1, 0.15) is 19.8 Å². The smallest absolute Gasteiger partial charge is 0.323 e. The molecule has 0 aromatic heterocycles. The number of ether oxygens (including phenoxy) is 2. The number of carbonyl (C=O) groups excluding carboxylic acids is 1. The van der Waals surface area contributed by atoms with E-state index in [4.69, 9.17) is 14.6 Å². The molecule has 1 saturated heterocycles. The van der Waals surface area contributed by atoms with Crippen LogP contribution >= 0.6 is 15.9 Å². The van der Waals surface area contributed by atoms with Gasteiger partial charge in [0.05, 0.1) is 0 Å². The summed E-state index contributed by atoms with van der Waals surface area (Å²) in [5, 5.41) is 9.10. The average Bonchev–Trinajstić information content (AvgIpc) is 2.52. The Kier molecular flexibility index (Phi) is 6.41. The van der Waals surface area contributed by atoms with E-state index < -0.39 is 12.1 Å². The van der Waals surface area contributed by atoms with Crippen LogP contribution in [0.2, 0.25) is 0 Å². The summed E-state index contributed by atoms with van der Waals surface area (Å²) in [6.07, 6.45) is 0.525. The molecule has 1 fully saturated rings. The monoisotopic (exact) mass is 385 g/mol. The Hall–Kier alpha value is -1.60. The van der Waals surface area contributed by atoms with Crippen LogP contribution in [0.4, 0.5) is 0 Å². The van der Waals surface area contributed by atoms with E-state index in [1.165, 1.54) is 4.90 Å². The number of rotatable bonds is 6. The van der Waals surface area contributed by atoms with Gasteiger partial charge in [0.1, 0.15) is 12.3 Å². The lowest BCUT2D eigenvalue weighted by Gasteiger charge is -2.34. The summed E-state index contributed by atoms with van der Waals surface area (Å²) in [6, 6.07) is 7.06. The normalized spacial score (nSPS) is 16.6. The van der Waals surface area contributed by atoms with Crippen LogP contribution in [0, 0.1) is 0 Å². The zero-order valence-electron chi connectivity index (χ0n) is 12.9. The van der Waals surface area contributed by atoms with Crippen molar-refractivity contribution in [2.75, 3.05) is 19.8 Å². The molecule has 1 amide bonds. The molecule has 1 heterocycles. The van der Waals surface area contributed by atoms with E-state index in [0.29, 0.717) is 31.8 Å². The van der Waals surface area contributed by atoms with Gasteiger partial charge in [-0.15, -0.1) is 0 Å². The molecule has 0 spiro atoms. The fraction of sp³-hybridized carbons (Fsp3) is 0.500. The second kappa shape index (κ2) is 8.31. The number of hydrogen-bond acceptors (Lipinski definition) is 4. The fourth-order valence-electron chi connectivity index (χ4n) is 2.56. The minimum absolute atomic E-state index is 0.124. The van der Waals surface area contributed by atoms with E-state index in [2.05, 4.69) is 15.9 Å². The highest BCUT2D eigenvalue weighted by molar-refractivity contribution is 9.10. The molecule has 1 aliphatic rings. The van der Waals surface area contributed by atoms with Gasteiger partial charge in [-0.3, -0.25) is 9.59 Å². The molecule has 0 unspecified atom stereocenters. The molecule has 0 radical (unpaired) electrons. The molecule has 6 nitrogen and oxygen atoms in total. The number of nitrogens with zero attached hydrogens (tertiary/aromatic N) is 1. The molecule has 7 heteroatoms. The van der Waals surface area contributed by atoms with Crippen molar-refractivity contribution in [2.24, 2.45) is 0 Å². The Morgan fingerprint density at radius 3 is 2.74 bits per heavy atom. The summed E-state index contributed by atoms with van der Waals surface area (Å²) in [6.45, 7) is 2.39. The molecule has 2 rings (SSSR count). The third-order valence-corrected chi connectivity index (χ3v) is 4.17. The maximum Gasteiger partial charge on any atom is 0.323 e. The molecule has 1 aromatic carbocycles. The third kappa shape index (κ3) is 5.21. The van der Waals surface area contributed by atoms with E-state index in [9.17, 15) is 9.59 Å². The van der Waals surface area contributed by atoms with Gasteiger partial charge in [-0.1, -0.05) is 22.0 Å². The number of carboxylic acids is 1. The fourth-order valence-corrected chi connectivity index (χ4v) is 2.94. The molecular weight excluding hydrogens is 366 g/mol. The van der Waals surface area contributed by atoms with Crippen molar-refractivity contribution in [1.82, 2.24) is 4.90 Å². The van der Waals surface area contributed by atoms with Crippen LogP contribution in [0.3, 0.4) is 0 Å². The first-order valence-electron chi connectivity index (χ1n) is 7.49. The largest absolute Gasteiger partial charge is 0.481 e. The first kappa shape index (κ1) is 17.7. The first-order valence-corrected chi connectivity index (χ1v) is 8.29. The van der Waals surface area contributed by atoms with Gasteiger partial charge in [0, 0.05) is 23.7 Å². The minimum atomic E-state index is -1.03. The quantitative estimate of drug-likeness (QED) is 0.812. The summed E-state index contributed by atoms with van der Waals surface area (Å²) in [5.41, 5.74) is 0. The van der Waals surface area contributed by atoms with Crippen molar-refractivity contribution in [2.45, 2.75) is 31.9 Å². The van der Waals surface area contributed by atoms with Gasteiger partial charge in [-0.2, -0.15) is 0 Å². The lowest BCUT2D eigenvalue weighted by Crippen LogP contribution is -2.50. The third-order valence-electron chi connectivity index (χ3n) is 3.68.